The summed E-state index contributed by atoms with van der Waals surface area (Å²) in [6, 6.07) is 0. The van der Waals surface area contributed by atoms with Crippen LogP contribution in [0.1, 0.15) is 26.2 Å². The first-order chi connectivity index (χ1) is 5.40. The van der Waals surface area contributed by atoms with E-state index in [9.17, 15) is 0 Å². The molecule has 0 aromatic carbocycles. The molecule has 1 aliphatic carbocycles. The number of rotatable bonds is 2. The first-order valence-electron chi connectivity index (χ1n) is 4.38. The molecule has 0 spiro atoms. The van der Waals surface area contributed by atoms with E-state index in [0.717, 1.165) is 13.0 Å². The SMILES string of the molecule is CCOC1CC2CCC=C2O1. The van der Waals surface area contributed by atoms with Crippen LogP contribution in [-0.2, 0) is 9.47 Å². The summed E-state index contributed by atoms with van der Waals surface area (Å²) in [6.45, 7) is 2.76. The van der Waals surface area contributed by atoms with E-state index < -0.39 is 0 Å². The van der Waals surface area contributed by atoms with E-state index >= 15 is 0 Å². The molecule has 0 bridgehead atoms. The van der Waals surface area contributed by atoms with Gasteiger partial charge in [0.1, 0.15) is 0 Å². The third-order valence-electron chi connectivity index (χ3n) is 2.36. The van der Waals surface area contributed by atoms with E-state index in [2.05, 4.69) is 6.08 Å². The molecule has 2 nitrogen and oxygen atoms in total. The summed E-state index contributed by atoms with van der Waals surface area (Å²) >= 11 is 0. The Morgan fingerprint density at radius 1 is 1.73 bits per heavy atom. The molecule has 11 heavy (non-hydrogen) atoms. The molecule has 1 fully saturated rings. The zero-order valence-electron chi connectivity index (χ0n) is 6.88. The molecule has 0 N–H and O–H groups in total. The highest BCUT2D eigenvalue weighted by Gasteiger charge is 2.33. The van der Waals surface area contributed by atoms with Crippen LogP contribution >= 0.6 is 0 Å². The number of ether oxygens (including phenoxy) is 2. The minimum absolute atomic E-state index is 0.0524. The topological polar surface area (TPSA) is 18.5 Å². The Balaban J connectivity index is 1.93. The third-order valence-corrected chi connectivity index (χ3v) is 2.36. The van der Waals surface area contributed by atoms with Crippen molar-refractivity contribution >= 4 is 0 Å². The molecule has 0 saturated carbocycles. The summed E-state index contributed by atoms with van der Waals surface area (Å²) in [6.07, 6.45) is 5.78. The van der Waals surface area contributed by atoms with Gasteiger partial charge in [-0.05, 0) is 25.8 Å². The third kappa shape index (κ3) is 1.27. The van der Waals surface area contributed by atoms with Crippen molar-refractivity contribution in [3.63, 3.8) is 0 Å². The van der Waals surface area contributed by atoms with Gasteiger partial charge in [-0.2, -0.15) is 0 Å². The fraction of sp³-hybridized carbons (Fsp3) is 0.778. The Labute approximate surface area is 67.2 Å². The number of fused-ring (bicyclic) bond motifs is 1. The van der Waals surface area contributed by atoms with Crippen LogP contribution in [-0.4, -0.2) is 12.9 Å². The molecule has 1 heterocycles. The molecule has 1 aliphatic heterocycles. The standard InChI is InChI=1S/C9H14O2/c1-2-10-9-6-7-4-3-5-8(7)11-9/h5,7,9H,2-4,6H2,1H3. The molecule has 1 saturated heterocycles. The monoisotopic (exact) mass is 154 g/mol. The van der Waals surface area contributed by atoms with Crippen molar-refractivity contribution < 1.29 is 9.47 Å². The summed E-state index contributed by atoms with van der Waals surface area (Å²) in [5, 5.41) is 0. The average molecular weight is 154 g/mol. The van der Waals surface area contributed by atoms with Crippen molar-refractivity contribution in [3.05, 3.63) is 11.8 Å². The van der Waals surface area contributed by atoms with E-state index in [1.165, 1.54) is 18.6 Å². The molecule has 0 amide bonds. The van der Waals surface area contributed by atoms with Gasteiger partial charge >= 0.3 is 0 Å². The van der Waals surface area contributed by atoms with Gasteiger partial charge in [-0.1, -0.05) is 0 Å². The number of allylic oxidation sites excluding steroid dienone is 2. The second-order valence-electron chi connectivity index (χ2n) is 3.12. The van der Waals surface area contributed by atoms with E-state index in [1.54, 1.807) is 0 Å². The second-order valence-corrected chi connectivity index (χ2v) is 3.12. The highest BCUT2D eigenvalue weighted by atomic mass is 16.7. The van der Waals surface area contributed by atoms with Crippen LogP contribution in [0.5, 0.6) is 0 Å². The van der Waals surface area contributed by atoms with Crippen molar-refractivity contribution in [1.82, 2.24) is 0 Å². The maximum absolute atomic E-state index is 5.56. The normalized spacial score (nSPS) is 34.8. The molecular weight excluding hydrogens is 140 g/mol. The van der Waals surface area contributed by atoms with Gasteiger partial charge in [0.05, 0.1) is 5.76 Å². The fourth-order valence-electron chi connectivity index (χ4n) is 1.83. The van der Waals surface area contributed by atoms with Crippen LogP contribution < -0.4 is 0 Å². The maximum Gasteiger partial charge on any atom is 0.200 e. The van der Waals surface area contributed by atoms with Crippen molar-refractivity contribution in [2.45, 2.75) is 32.5 Å². The van der Waals surface area contributed by atoms with E-state index in [4.69, 9.17) is 9.47 Å². The Morgan fingerprint density at radius 3 is 3.36 bits per heavy atom. The van der Waals surface area contributed by atoms with Crippen LogP contribution in [0.25, 0.3) is 0 Å². The highest BCUT2D eigenvalue weighted by Crippen LogP contribution is 2.38. The first kappa shape index (κ1) is 7.17. The molecule has 2 atom stereocenters. The van der Waals surface area contributed by atoms with Gasteiger partial charge in [-0.15, -0.1) is 0 Å². The fourth-order valence-corrected chi connectivity index (χ4v) is 1.83. The van der Waals surface area contributed by atoms with E-state index in [0.29, 0.717) is 5.92 Å². The lowest BCUT2D eigenvalue weighted by molar-refractivity contribution is -0.0891. The smallest absolute Gasteiger partial charge is 0.200 e. The summed E-state index contributed by atoms with van der Waals surface area (Å²) in [4.78, 5) is 0. The molecule has 2 rings (SSSR count). The molecule has 2 unspecified atom stereocenters. The van der Waals surface area contributed by atoms with Crippen molar-refractivity contribution in [1.29, 1.82) is 0 Å². The van der Waals surface area contributed by atoms with Gasteiger partial charge in [0.2, 0.25) is 0 Å². The van der Waals surface area contributed by atoms with Gasteiger partial charge in [-0.3, -0.25) is 0 Å². The van der Waals surface area contributed by atoms with Crippen molar-refractivity contribution in [2.75, 3.05) is 6.61 Å². The Bertz CT molecular complexity index is 174. The zero-order chi connectivity index (χ0) is 7.68. The molecule has 0 radical (unpaired) electrons. The highest BCUT2D eigenvalue weighted by molar-refractivity contribution is 5.09. The van der Waals surface area contributed by atoms with Gasteiger partial charge in [0, 0.05) is 18.9 Å². The summed E-state index contributed by atoms with van der Waals surface area (Å²) in [7, 11) is 0. The van der Waals surface area contributed by atoms with Crippen molar-refractivity contribution in [3.8, 4) is 0 Å². The van der Waals surface area contributed by atoms with E-state index in [-0.39, 0.29) is 6.29 Å². The molecular formula is C9H14O2. The minimum Gasteiger partial charge on any atom is -0.469 e. The predicted octanol–water partition coefficient (Wildman–Crippen LogP) is 2.06. The molecule has 0 aromatic rings. The zero-order valence-corrected chi connectivity index (χ0v) is 6.88. The van der Waals surface area contributed by atoms with Crippen LogP contribution in [0.3, 0.4) is 0 Å². The average Bonchev–Trinajstić information content (AvgIpc) is 2.46. The number of hydrogen-bond donors (Lipinski definition) is 0. The van der Waals surface area contributed by atoms with Crippen LogP contribution in [0.4, 0.5) is 0 Å². The predicted molar refractivity (Wildman–Crippen MR) is 41.9 cm³/mol. The van der Waals surface area contributed by atoms with E-state index in [1.807, 2.05) is 6.92 Å². The minimum atomic E-state index is 0.0524. The molecule has 0 aromatic heterocycles. The Morgan fingerprint density at radius 2 is 2.64 bits per heavy atom. The largest absolute Gasteiger partial charge is 0.469 e. The van der Waals surface area contributed by atoms with Crippen LogP contribution in [0.2, 0.25) is 0 Å². The summed E-state index contributed by atoms with van der Waals surface area (Å²) in [5.41, 5.74) is 0. The van der Waals surface area contributed by atoms with Crippen LogP contribution in [0, 0.1) is 5.92 Å². The number of hydrogen-bond acceptors (Lipinski definition) is 2. The lowest BCUT2D eigenvalue weighted by Gasteiger charge is -2.09. The molecule has 2 aliphatic rings. The molecule has 62 valence electrons. The summed E-state index contributed by atoms with van der Waals surface area (Å²) in [5.74, 6) is 1.86. The lowest BCUT2D eigenvalue weighted by atomic mass is 10.1. The Hall–Kier alpha value is -0.500. The van der Waals surface area contributed by atoms with Gasteiger partial charge in [0.15, 0.2) is 6.29 Å². The quantitative estimate of drug-likeness (QED) is 0.606. The molecule has 2 heteroatoms. The first-order valence-corrected chi connectivity index (χ1v) is 4.38. The van der Waals surface area contributed by atoms with Crippen molar-refractivity contribution in [2.24, 2.45) is 5.92 Å². The Kier molecular flexibility index (Phi) is 1.86. The van der Waals surface area contributed by atoms with Gasteiger partial charge in [-0.25, -0.2) is 0 Å². The van der Waals surface area contributed by atoms with Gasteiger partial charge in [0.25, 0.3) is 0 Å². The maximum atomic E-state index is 5.56. The lowest BCUT2D eigenvalue weighted by Crippen LogP contribution is -2.10. The second kappa shape index (κ2) is 2.86. The summed E-state index contributed by atoms with van der Waals surface area (Å²) < 4.78 is 10.9. The van der Waals surface area contributed by atoms with Gasteiger partial charge < -0.3 is 9.47 Å². The van der Waals surface area contributed by atoms with Crippen LogP contribution in [0.15, 0.2) is 11.8 Å².